The van der Waals surface area contributed by atoms with Crippen LogP contribution >= 0.6 is 0 Å². The maximum atomic E-state index is 13.3. The number of Topliss-reactive ketones (excluding diaryl/α,β-unsaturated/α-hetero) is 1. The van der Waals surface area contributed by atoms with Gasteiger partial charge in [-0.3, -0.25) is 14.9 Å². The number of nitro groups is 1. The third-order valence-corrected chi connectivity index (χ3v) is 5.30. The van der Waals surface area contributed by atoms with Crippen molar-refractivity contribution in [3.8, 4) is 0 Å². The fourth-order valence-electron chi connectivity index (χ4n) is 4.13. The van der Waals surface area contributed by atoms with E-state index in [-0.39, 0.29) is 11.5 Å². The van der Waals surface area contributed by atoms with Crippen molar-refractivity contribution in [3.63, 3.8) is 0 Å². The van der Waals surface area contributed by atoms with Crippen LogP contribution in [0, 0.1) is 10.1 Å². The Hall–Kier alpha value is -3.31. The highest BCUT2D eigenvalue weighted by Gasteiger charge is 2.81. The zero-order chi connectivity index (χ0) is 17.9. The molecule has 0 aromatic heterocycles. The SMILES string of the molecule is O=C1c2ccccc2[C@]2(c3ccccc3)O[C@]12c1ccc([N+](=O)[O-])cc1. The molecule has 0 amide bonds. The monoisotopic (exact) mass is 343 g/mol. The topological polar surface area (TPSA) is 72.7 Å². The zero-order valence-corrected chi connectivity index (χ0v) is 13.6. The highest BCUT2D eigenvalue weighted by Crippen LogP contribution is 2.71. The Kier molecular flexibility index (Phi) is 2.80. The summed E-state index contributed by atoms with van der Waals surface area (Å²) in [7, 11) is 0. The predicted octanol–water partition coefficient (Wildman–Crippen LogP) is 3.96. The number of rotatable bonds is 3. The van der Waals surface area contributed by atoms with Crippen LogP contribution in [0.5, 0.6) is 0 Å². The van der Waals surface area contributed by atoms with Crippen molar-refractivity contribution < 1.29 is 14.5 Å². The van der Waals surface area contributed by atoms with Crippen LogP contribution in [0.3, 0.4) is 0 Å². The molecule has 1 fully saturated rings. The molecule has 0 saturated carbocycles. The van der Waals surface area contributed by atoms with Gasteiger partial charge in [-0.25, -0.2) is 0 Å². The summed E-state index contributed by atoms with van der Waals surface area (Å²) in [5.74, 6) is -0.106. The van der Waals surface area contributed by atoms with Gasteiger partial charge in [0.05, 0.1) is 4.92 Å². The molecule has 0 spiro atoms. The number of hydrogen-bond acceptors (Lipinski definition) is 4. The van der Waals surface area contributed by atoms with Crippen LogP contribution in [0.25, 0.3) is 0 Å². The Morgan fingerprint density at radius 2 is 1.38 bits per heavy atom. The van der Waals surface area contributed by atoms with Gasteiger partial charge in [0.15, 0.2) is 11.2 Å². The van der Waals surface area contributed by atoms with Crippen molar-refractivity contribution in [2.45, 2.75) is 11.2 Å². The lowest BCUT2D eigenvalue weighted by atomic mass is 9.81. The summed E-state index contributed by atoms with van der Waals surface area (Å²) in [6, 6.07) is 23.2. The number of hydrogen-bond donors (Lipinski definition) is 0. The van der Waals surface area contributed by atoms with Crippen LogP contribution in [0.15, 0.2) is 78.9 Å². The number of epoxide rings is 1. The van der Waals surface area contributed by atoms with Crippen molar-refractivity contribution in [1.29, 1.82) is 0 Å². The van der Waals surface area contributed by atoms with E-state index in [4.69, 9.17) is 4.74 Å². The second kappa shape index (κ2) is 4.86. The number of nitro benzene ring substituents is 1. The Morgan fingerprint density at radius 3 is 2.08 bits per heavy atom. The van der Waals surface area contributed by atoms with Crippen molar-refractivity contribution in [2.24, 2.45) is 0 Å². The van der Waals surface area contributed by atoms with Crippen LogP contribution in [0.4, 0.5) is 5.69 Å². The third kappa shape index (κ3) is 1.61. The second-order valence-electron chi connectivity index (χ2n) is 6.51. The molecule has 0 unspecified atom stereocenters. The Morgan fingerprint density at radius 1 is 0.769 bits per heavy atom. The van der Waals surface area contributed by atoms with Crippen LogP contribution in [-0.4, -0.2) is 10.7 Å². The van der Waals surface area contributed by atoms with Crippen LogP contribution in [0.2, 0.25) is 0 Å². The van der Waals surface area contributed by atoms with Gasteiger partial charge in [-0.2, -0.15) is 0 Å². The largest absolute Gasteiger partial charge is 0.338 e. The lowest BCUT2D eigenvalue weighted by Crippen LogP contribution is -2.24. The Bertz CT molecular complexity index is 1060. The lowest BCUT2D eigenvalue weighted by molar-refractivity contribution is -0.384. The van der Waals surface area contributed by atoms with Gasteiger partial charge in [0.2, 0.25) is 5.78 Å². The third-order valence-electron chi connectivity index (χ3n) is 5.30. The average molecular weight is 343 g/mol. The summed E-state index contributed by atoms with van der Waals surface area (Å²) in [6.45, 7) is 0. The number of nitrogens with zero attached hydrogens (tertiary/aromatic N) is 1. The Balaban J connectivity index is 1.75. The Labute approximate surface area is 149 Å². The minimum atomic E-state index is -1.16. The molecule has 1 aliphatic carbocycles. The van der Waals surface area contributed by atoms with E-state index in [0.29, 0.717) is 11.1 Å². The van der Waals surface area contributed by atoms with Crippen LogP contribution in [-0.2, 0) is 15.9 Å². The first-order chi connectivity index (χ1) is 12.6. The first-order valence-corrected chi connectivity index (χ1v) is 8.26. The number of carbonyl (C=O) groups is 1. The van der Waals surface area contributed by atoms with E-state index in [2.05, 4.69) is 0 Å². The molecule has 26 heavy (non-hydrogen) atoms. The second-order valence-corrected chi connectivity index (χ2v) is 6.51. The van der Waals surface area contributed by atoms with Crippen molar-refractivity contribution in [1.82, 2.24) is 0 Å². The normalized spacial score (nSPS) is 25.5. The van der Waals surface area contributed by atoms with Gasteiger partial charge in [0, 0.05) is 23.3 Å². The molecule has 2 aliphatic rings. The molecule has 126 valence electrons. The van der Waals surface area contributed by atoms with Gasteiger partial charge in [-0.15, -0.1) is 0 Å². The number of non-ortho nitro benzene ring substituents is 1. The summed E-state index contributed by atoms with van der Waals surface area (Å²) in [4.78, 5) is 23.8. The molecule has 1 aliphatic heterocycles. The molecular formula is C21H13NO4. The fraction of sp³-hybridized carbons (Fsp3) is 0.0952. The quantitative estimate of drug-likeness (QED) is 0.410. The summed E-state index contributed by atoms with van der Waals surface area (Å²) in [6.07, 6.45) is 0. The van der Waals surface area contributed by atoms with Crippen LogP contribution in [0.1, 0.15) is 27.0 Å². The minimum absolute atomic E-state index is 0.0147. The van der Waals surface area contributed by atoms with E-state index in [1.165, 1.54) is 12.1 Å². The molecule has 2 atom stereocenters. The van der Waals surface area contributed by atoms with Crippen molar-refractivity contribution in [2.75, 3.05) is 0 Å². The lowest BCUT2D eigenvalue weighted by Gasteiger charge is -2.13. The highest BCUT2D eigenvalue weighted by atomic mass is 16.6. The van der Waals surface area contributed by atoms with Gasteiger partial charge in [-0.05, 0) is 23.3 Å². The summed E-state index contributed by atoms with van der Waals surface area (Å²) >= 11 is 0. The van der Waals surface area contributed by atoms with E-state index < -0.39 is 16.1 Å². The number of fused-ring (bicyclic) bond motifs is 3. The van der Waals surface area contributed by atoms with E-state index in [1.54, 1.807) is 12.1 Å². The molecule has 0 radical (unpaired) electrons. The van der Waals surface area contributed by atoms with Gasteiger partial charge >= 0.3 is 0 Å². The summed E-state index contributed by atoms with van der Waals surface area (Å²) in [5, 5.41) is 11.0. The molecule has 5 nitrogen and oxygen atoms in total. The molecule has 1 heterocycles. The molecule has 3 aromatic carbocycles. The molecule has 0 bridgehead atoms. The fourth-order valence-corrected chi connectivity index (χ4v) is 4.13. The average Bonchev–Trinajstić information content (AvgIpc) is 3.35. The van der Waals surface area contributed by atoms with Gasteiger partial charge in [0.1, 0.15) is 0 Å². The first-order valence-electron chi connectivity index (χ1n) is 8.26. The highest BCUT2D eigenvalue weighted by molar-refractivity contribution is 6.12. The van der Waals surface area contributed by atoms with E-state index in [9.17, 15) is 14.9 Å². The van der Waals surface area contributed by atoms with E-state index in [0.717, 1.165) is 11.1 Å². The zero-order valence-electron chi connectivity index (χ0n) is 13.6. The van der Waals surface area contributed by atoms with Crippen LogP contribution < -0.4 is 0 Å². The van der Waals surface area contributed by atoms with Gasteiger partial charge in [0.25, 0.3) is 5.69 Å². The predicted molar refractivity (Wildman–Crippen MR) is 93.9 cm³/mol. The minimum Gasteiger partial charge on any atom is -0.338 e. The van der Waals surface area contributed by atoms with E-state index >= 15 is 0 Å². The number of ketones is 1. The number of benzene rings is 3. The maximum absolute atomic E-state index is 13.3. The smallest absolute Gasteiger partial charge is 0.269 e. The number of ether oxygens (including phenoxy) is 1. The molecule has 5 heteroatoms. The first kappa shape index (κ1) is 15.0. The van der Waals surface area contributed by atoms with Crippen molar-refractivity contribution >= 4 is 11.5 Å². The summed E-state index contributed by atoms with van der Waals surface area (Å²) in [5.41, 5.74) is 0.963. The molecule has 1 saturated heterocycles. The summed E-state index contributed by atoms with van der Waals surface area (Å²) < 4.78 is 6.22. The molecule has 5 rings (SSSR count). The standard InChI is InChI=1S/C21H13NO4/c23-19-17-8-4-5-9-18(17)20(14-6-2-1-3-7-14)21(19,26-20)15-10-12-16(13-11-15)22(24)25/h1-13H/t20-,21+/m0/s1. The van der Waals surface area contributed by atoms with Gasteiger partial charge in [-0.1, -0.05) is 54.6 Å². The van der Waals surface area contributed by atoms with Gasteiger partial charge < -0.3 is 4.74 Å². The van der Waals surface area contributed by atoms with Crippen molar-refractivity contribution in [3.05, 3.63) is 111 Å². The molecule has 0 N–H and O–H groups in total. The molecule has 3 aromatic rings. The number of carbonyl (C=O) groups excluding carboxylic acids is 1. The van der Waals surface area contributed by atoms with E-state index in [1.807, 2.05) is 54.6 Å². The maximum Gasteiger partial charge on any atom is 0.269 e. The molecular weight excluding hydrogens is 330 g/mol.